The number of hydrogen-bond acceptors (Lipinski definition) is 1. The van der Waals surface area contributed by atoms with Gasteiger partial charge >= 0.3 is 0 Å². The molecule has 0 unspecified atom stereocenters. The molecule has 0 radical (unpaired) electrons. The quantitative estimate of drug-likeness (QED) is 0.201. The molecule has 33 heavy (non-hydrogen) atoms. The molecule has 3 aromatic heterocycles. The van der Waals surface area contributed by atoms with Gasteiger partial charge in [0.2, 0.25) is 0 Å². The Bertz CT molecular complexity index is 1280. The summed E-state index contributed by atoms with van der Waals surface area (Å²) in [6, 6.07) is 25.7. The van der Waals surface area contributed by atoms with Crippen molar-refractivity contribution >= 4 is 21.8 Å². The van der Waals surface area contributed by atoms with Crippen LogP contribution in [0.4, 0.5) is 0 Å². The number of aryl methyl sites for hydroxylation is 1. The first-order chi connectivity index (χ1) is 15.3. The smallest absolute Gasteiger partial charge is 0.175 e. The van der Waals surface area contributed by atoms with Crippen LogP contribution < -0.4 is 43.1 Å². The summed E-state index contributed by atoms with van der Waals surface area (Å²) in [4.78, 5) is 4.85. The number of fused-ring (bicyclic) bond motifs is 2. The summed E-state index contributed by atoms with van der Waals surface area (Å²) in [7, 11) is 0. The monoisotopic (exact) mass is 563 g/mol. The fourth-order valence-electron chi connectivity index (χ4n) is 4.18. The van der Waals surface area contributed by atoms with Gasteiger partial charge in [-0.1, -0.05) is 49.7 Å². The zero-order valence-corrected chi connectivity index (χ0v) is 21.8. The molecule has 0 aliphatic carbocycles. The topological polar surface area (TPSA) is 20.6 Å². The van der Waals surface area contributed by atoms with Gasteiger partial charge < -0.3 is 34.0 Å². The van der Waals surface area contributed by atoms with Gasteiger partial charge in [0.1, 0.15) is 6.54 Å². The molecule has 5 aromatic rings. The van der Waals surface area contributed by atoms with E-state index >= 15 is 0 Å². The molecule has 168 valence electrons. The summed E-state index contributed by atoms with van der Waals surface area (Å²) < 4.78 is 4.51. The van der Waals surface area contributed by atoms with Crippen LogP contribution in [0.3, 0.4) is 0 Å². The van der Waals surface area contributed by atoms with Gasteiger partial charge in [0.05, 0.1) is 11.0 Å². The van der Waals surface area contributed by atoms with Crippen molar-refractivity contribution in [1.29, 1.82) is 0 Å². The van der Waals surface area contributed by atoms with Crippen molar-refractivity contribution < 1.29 is 43.1 Å². The fraction of sp³-hybridized carbons (Fsp3) is 0.179. The van der Waals surface area contributed by atoms with Gasteiger partial charge in [-0.2, -0.15) is 0 Å². The minimum absolute atomic E-state index is 0. The van der Waals surface area contributed by atoms with Gasteiger partial charge in [0.25, 0.3) is 0 Å². The molecule has 5 rings (SSSR count). The molecule has 0 saturated heterocycles. The molecular formula is C28H27Br2N3. The lowest BCUT2D eigenvalue weighted by Gasteiger charge is -2.09. The van der Waals surface area contributed by atoms with Gasteiger partial charge in [-0.05, 0) is 23.3 Å². The minimum atomic E-state index is 0. The Balaban J connectivity index is 0.00000153. The molecule has 0 spiro atoms. The largest absolute Gasteiger partial charge is 1.00 e. The average molecular weight is 565 g/mol. The van der Waals surface area contributed by atoms with E-state index in [1.165, 1.54) is 40.3 Å². The number of pyridine rings is 3. The predicted octanol–water partition coefficient (Wildman–Crippen LogP) is -0.514. The van der Waals surface area contributed by atoms with E-state index in [2.05, 4.69) is 114 Å². The molecule has 0 fully saturated rings. The van der Waals surface area contributed by atoms with Crippen LogP contribution in [-0.4, -0.2) is 4.98 Å². The van der Waals surface area contributed by atoms with Crippen LogP contribution >= 0.6 is 0 Å². The Hall–Kier alpha value is -2.63. The Kier molecular flexibility index (Phi) is 8.70. The average Bonchev–Trinajstić information content (AvgIpc) is 2.83. The normalized spacial score (nSPS) is 10.6. The summed E-state index contributed by atoms with van der Waals surface area (Å²) in [5.41, 5.74) is 5.90. The van der Waals surface area contributed by atoms with E-state index in [4.69, 9.17) is 4.98 Å². The van der Waals surface area contributed by atoms with E-state index in [1.54, 1.807) is 0 Å². The zero-order valence-electron chi connectivity index (χ0n) is 18.7. The molecule has 3 nitrogen and oxygen atoms in total. The molecule has 3 heterocycles. The van der Waals surface area contributed by atoms with Crippen molar-refractivity contribution in [2.75, 3.05) is 0 Å². The number of nitrogens with zero attached hydrogens (tertiary/aromatic N) is 3. The summed E-state index contributed by atoms with van der Waals surface area (Å²) in [5.74, 6) is 0. The number of unbranched alkanes of at least 4 members (excludes halogenated alkanes) is 1. The summed E-state index contributed by atoms with van der Waals surface area (Å²) in [5, 5.41) is 2.44. The van der Waals surface area contributed by atoms with Crippen LogP contribution in [0.2, 0.25) is 0 Å². The van der Waals surface area contributed by atoms with E-state index in [0.29, 0.717) is 0 Å². The van der Waals surface area contributed by atoms with Crippen molar-refractivity contribution in [3.05, 3.63) is 103 Å². The van der Waals surface area contributed by atoms with E-state index in [-0.39, 0.29) is 34.0 Å². The second-order valence-electron chi connectivity index (χ2n) is 8.06. The number of benzene rings is 2. The highest BCUT2D eigenvalue weighted by Gasteiger charge is 2.13. The van der Waals surface area contributed by atoms with Gasteiger partial charge in [0, 0.05) is 47.0 Å². The minimum Gasteiger partial charge on any atom is -1.00 e. The van der Waals surface area contributed by atoms with E-state index in [9.17, 15) is 0 Å². The Morgan fingerprint density at radius 2 is 1.12 bits per heavy atom. The van der Waals surface area contributed by atoms with Crippen LogP contribution in [0.1, 0.15) is 25.3 Å². The summed E-state index contributed by atoms with van der Waals surface area (Å²) in [6.07, 6.45) is 11.2. The van der Waals surface area contributed by atoms with Gasteiger partial charge in [-0.25, -0.2) is 14.1 Å². The first kappa shape index (κ1) is 25.0. The molecule has 0 bridgehead atoms. The maximum atomic E-state index is 4.85. The number of hydrogen-bond donors (Lipinski definition) is 0. The highest BCUT2D eigenvalue weighted by Crippen LogP contribution is 2.26. The summed E-state index contributed by atoms with van der Waals surface area (Å²) >= 11 is 0. The number of halogens is 2. The summed E-state index contributed by atoms with van der Waals surface area (Å²) in [6.45, 7) is 4.13. The van der Waals surface area contributed by atoms with E-state index < -0.39 is 0 Å². The second-order valence-corrected chi connectivity index (χ2v) is 8.06. The number of aromatic nitrogens is 3. The highest BCUT2D eigenvalue weighted by molar-refractivity contribution is 5.97. The third kappa shape index (κ3) is 5.48. The molecule has 5 heteroatoms. The van der Waals surface area contributed by atoms with Crippen LogP contribution in [-0.2, 0) is 13.1 Å². The van der Waals surface area contributed by atoms with Crippen LogP contribution in [0.25, 0.3) is 32.9 Å². The first-order valence-electron chi connectivity index (χ1n) is 11.1. The Morgan fingerprint density at radius 3 is 1.64 bits per heavy atom. The van der Waals surface area contributed by atoms with Crippen LogP contribution in [0, 0.1) is 0 Å². The third-order valence-electron chi connectivity index (χ3n) is 5.93. The molecule has 0 aliphatic heterocycles. The second kappa shape index (κ2) is 11.5. The molecule has 0 saturated carbocycles. The SMILES string of the molecule is CCCC[n+]1ccc(-c2cc[n+](Cc3c4ccccc4nc4ccccc34)cc2)cc1.[Br-].[Br-]. The van der Waals surface area contributed by atoms with E-state index in [1.807, 2.05) is 0 Å². The van der Waals surface area contributed by atoms with Crippen molar-refractivity contribution in [1.82, 2.24) is 4.98 Å². The molecule has 0 aliphatic rings. The molecule has 2 aromatic carbocycles. The van der Waals surface area contributed by atoms with Crippen molar-refractivity contribution in [3.63, 3.8) is 0 Å². The number of rotatable bonds is 6. The van der Waals surface area contributed by atoms with Crippen molar-refractivity contribution in [3.8, 4) is 11.1 Å². The first-order valence-corrected chi connectivity index (χ1v) is 11.1. The third-order valence-corrected chi connectivity index (χ3v) is 5.93. The predicted molar refractivity (Wildman–Crippen MR) is 126 cm³/mol. The highest BCUT2D eigenvalue weighted by atomic mass is 79.9. The van der Waals surface area contributed by atoms with Gasteiger partial charge in [0.15, 0.2) is 31.3 Å². The lowest BCUT2D eigenvalue weighted by molar-refractivity contribution is -0.697. The fourth-order valence-corrected chi connectivity index (χ4v) is 4.18. The molecule has 0 atom stereocenters. The number of para-hydroxylation sites is 2. The van der Waals surface area contributed by atoms with Crippen LogP contribution in [0.15, 0.2) is 97.6 Å². The van der Waals surface area contributed by atoms with Gasteiger partial charge in [-0.15, -0.1) is 0 Å². The maximum Gasteiger partial charge on any atom is 0.175 e. The molecular weight excluding hydrogens is 538 g/mol. The van der Waals surface area contributed by atoms with Crippen LogP contribution in [0.5, 0.6) is 0 Å². The van der Waals surface area contributed by atoms with Crippen molar-refractivity contribution in [2.24, 2.45) is 0 Å². The maximum absolute atomic E-state index is 4.85. The Labute approximate surface area is 216 Å². The van der Waals surface area contributed by atoms with Crippen molar-refractivity contribution in [2.45, 2.75) is 32.9 Å². The molecule has 0 amide bonds. The standard InChI is InChI=1S/C28H27N3.2BrH/c1-2-3-16-30-17-12-22(13-18-30)23-14-19-31(20-15-23)21-26-24-8-4-6-10-27(24)29-28-11-7-5-9-25(26)28;;/h4-15,17-20H,2-3,16,21H2,1H3;2*1H/q+2;;/p-2. The zero-order chi connectivity index (χ0) is 21.0. The lowest BCUT2D eigenvalue weighted by atomic mass is 10.0. The van der Waals surface area contributed by atoms with E-state index in [0.717, 1.165) is 24.1 Å². The van der Waals surface area contributed by atoms with Gasteiger partial charge in [-0.3, -0.25) is 0 Å². The Morgan fingerprint density at radius 1 is 0.636 bits per heavy atom. The lowest BCUT2D eigenvalue weighted by Crippen LogP contribution is -3.00. The molecule has 0 N–H and O–H groups in total.